The van der Waals surface area contributed by atoms with Crippen LogP contribution in [0.4, 0.5) is 17.2 Å². The lowest BCUT2D eigenvalue weighted by Crippen LogP contribution is -1.99. The van der Waals surface area contributed by atoms with Crippen molar-refractivity contribution in [3.63, 3.8) is 0 Å². The molecule has 0 amide bonds. The van der Waals surface area contributed by atoms with Gasteiger partial charge in [0.25, 0.3) is 0 Å². The molecule has 2 heterocycles. The Kier molecular flexibility index (Phi) is 3.53. The molecule has 2 aromatic heterocycles. The summed E-state index contributed by atoms with van der Waals surface area (Å²) in [4.78, 5) is 26.3. The maximum Gasteiger partial charge on any atom is 0.337 e. The molecule has 116 valence electrons. The van der Waals surface area contributed by atoms with Crippen molar-refractivity contribution in [3.05, 3.63) is 58.4 Å². The predicted octanol–water partition coefficient (Wildman–Crippen LogP) is 3.79. The molecule has 7 nitrogen and oxygen atoms in total. The van der Waals surface area contributed by atoms with Gasteiger partial charge in [-0.25, -0.2) is 9.78 Å². The van der Waals surface area contributed by atoms with Crippen molar-refractivity contribution >= 4 is 28.7 Å². The molecule has 0 bridgehead atoms. The van der Waals surface area contributed by atoms with Crippen LogP contribution in [0, 0.1) is 18.8 Å². The average molecular weight is 310 g/mol. The second-order valence-electron chi connectivity index (χ2n) is 5.22. The Balaban J connectivity index is 2.14. The quantitative estimate of drug-likeness (QED) is 0.715. The van der Waals surface area contributed by atoms with Crippen LogP contribution in [-0.4, -0.2) is 20.5 Å². The number of hydrogen-bond donors (Lipinski definition) is 2. The normalized spacial score (nSPS) is 10.7. The fourth-order valence-corrected chi connectivity index (χ4v) is 2.52. The number of rotatable bonds is 4. The first-order chi connectivity index (χ1) is 11.0. The zero-order chi connectivity index (χ0) is 16.6. The Morgan fingerprint density at radius 1 is 1.35 bits per heavy atom. The lowest BCUT2D eigenvalue weighted by atomic mass is 10.1. The predicted molar refractivity (Wildman–Crippen MR) is 86.8 cm³/mol. The molecule has 2 N–H and O–H groups in total. The van der Waals surface area contributed by atoms with Crippen molar-refractivity contribution in [2.45, 2.75) is 13.8 Å². The number of carboxylic acids is 1. The third-order valence-electron chi connectivity index (χ3n) is 3.75. The van der Waals surface area contributed by atoms with E-state index in [1.807, 2.05) is 6.92 Å². The van der Waals surface area contributed by atoms with E-state index in [4.69, 9.17) is 0 Å². The van der Waals surface area contributed by atoms with Gasteiger partial charge in [0.1, 0.15) is 5.69 Å². The van der Waals surface area contributed by atoms with E-state index in [0.29, 0.717) is 28.3 Å². The first-order valence-electron chi connectivity index (χ1n) is 6.92. The molecule has 0 fully saturated rings. The number of hydrogen-bond acceptors (Lipinski definition) is 5. The molecule has 0 aliphatic rings. The van der Waals surface area contributed by atoms with E-state index in [1.165, 1.54) is 0 Å². The van der Waals surface area contributed by atoms with Gasteiger partial charge in [0, 0.05) is 24.3 Å². The summed E-state index contributed by atoms with van der Waals surface area (Å²) in [6, 6.07) is 5.04. The van der Waals surface area contributed by atoms with Crippen LogP contribution in [0.5, 0.6) is 0 Å². The molecule has 0 aliphatic carbocycles. The summed E-state index contributed by atoms with van der Waals surface area (Å²) in [5, 5.41) is 15.3. The van der Waals surface area contributed by atoms with Gasteiger partial charge in [0.15, 0.2) is 5.82 Å². The van der Waals surface area contributed by atoms with Crippen LogP contribution in [0.3, 0.4) is 0 Å². The molecule has 0 unspecified atom stereocenters. The minimum atomic E-state index is -0.986. The van der Waals surface area contributed by atoms with Gasteiger partial charge >= 0.3 is 5.97 Å². The highest BCUT2D eigenvalue weighted by molar-refractivity contribution is 5.94. The maximum absolute atomic E-state index is 11.3. The van der Waals surface area contributed by atoms with Crippen LogP contribution in [0.2, 0.25) is 0 Å². The van der Waals surface area contributed by atoms with Gasteiger partial charge in [-0.15, -0.1) is 4.91 Å². The van der Waals surface area contributed by atoms with Crippen molar-refractivity contribution in [3.8, 4) is 0 Å². The van der Waals surface area contributed by atoms with Gasteiger partial charge in [-0.1, -0.05) is 6.07 Å². The summed E-state index contributed by atoms with van der Waals surface area (Å²) >= 11 is 0. The highest BCUT2D eigenvalue weighted by Gasteiger charge is 2.16. The number of carboxylic acid groups (broad SMARTS) is 1. The summed E-state index contributed by atoms with van der Waals surface area (Å²) in [5.41, 5.74) is 3.44. The molecule has 0 aliphatic heterocycles. The maximum atomic E-state index is 11.3. The second kappa shape index (κ2) is 5.53. The summed E-state index contributed by atoms with van der Waals surface area (Å²) in [6.07, 6.45) is 4.82. The van der Waals surface area contributed by atoms with E-state index in [1.54, 1.807) is 48.1 Å². The van der Waals surface area contributed by atoms with E-state index in [9.17, 15) is 14.8 Å². The Morgan fingerprint density at radius 3 is 2.83 bits per heavy atom. The Bertz CT molecular complexity index is 930. The number of carbonyl (C=O) groups is 1. The number of aromatic carboxylic acids is 1. The highest BCUT2D eigenvalue weighted by Crippen LogP contribution is 2.29. The topological polar surface area (TPSA) is 96.1 Å². The lowest BCUT2D eigenvalue weighted by molar-refractivity contribution is 0.0696. The van der Waals surface area contributed by atoms with Gasteiger partial charge in [0.05, 0.1) is 11.1 Å². The van der Waals surface area contributed by atoms with Crippen molar-refractivity contribution in [1.82, 2.24) is 9.38 Å². The number of aromatic nitrogens is 2. The van der Waals surface area contributed by atoms with Gasteiger partial charge in [-0.3, -0.25) is 0 Å². The number of aryl methyl sites for hydroxylation is 2. The third kappa shape index (κ3) is 2.52. The molecular formula is C16H14N4O3. The highest BCUT2D eigenvalue weighted by atomic mass is 16.4. The lowest BCUT2D eigenvalue weighted by Gasteiger charge is -2.11. The average Bonchev–Trinajstić information content (AvgIpc) is 2.88. The first kappa shape index (κ1) is 14.7. The van der Waals surface area contributed by atoms with Gasteiger partial charge in [-0.2, -0.15) is 0 Å². The van der Waals surface area contributed by atoms with E-state index in [-0.39, 0.29) is 5.56 Å². The van der Waals surface area contributed by atoms with E-state index in [0.717, 1.165) is 5.56 Å². The molecule has 0 atom stereocenters. The van der Waals surface area contributed by atoms with Gasteiger partial charge in [-0.05, 0) is 42.3 Å². The molecule has 3 aromatic rings. The number of anilines is 2. The molecule has 23 heavy (non-hydrogen) atoms. The fraction of sp³-hybridized carbons (Fsp3) is 0.125. The molecular weight excluding hydrogens is 296 g/mol. The first-order valence-corrected chi connectivity index (χ1v) is 6.92. The van der Waals surface area contributed by atoms with E-state index >= 15 is 0 Å². The standard InChI is InChI=1S/C16H14N4O3/c1-9-3-4-11(19-23)7-13(9)18-15-14-10(2)12(16(21)22)8-20(14)6-5-17-15/h3-8H,1-2H3,(H,17,18)(H,21,22). The minimum absolute atomic E-state index is 0.223. The van der Waals surface area contributed by atoms with Crippen LogP contribution in [0.15, 0.2) is 42.0 Å². The monoisotopic (exact) mass is 310 g/mol. The SMILES string of the molecule is Cc1ccc(N=O)cc1Nc1nccn2cc(C(=O)O)c(C)c12. The molecule has 0 spiro atoms. The van der Waals surface area contributed by atoms with Crippen molar-refractivity contribution in [2.24, 2.45) is 5.18 Å². The van der Waals surface area contributed by atoms with Crippen molar-refractivity contribution in [2.75, 3.05) is 5.32 Å². The Morgan fingerprint density at radius 2 is 2.13 bits per heavy atom. The molecule has 0 saturated heterocycles. The molecule has 0 radical (unpaired) electrons. The van der Waals surface area contributed by atoms with Crippen LogP contribution in [-0.2, 0) is 0 Å². The van der Waals surface area contributed by atoms with Crippen molar-refractivity contribution in [1.29, 1.82) is 0 Å². The smallest absolute Gasteiger partial charge is 0.337 e. The number of nitrogens with one attached hydrogen (secondary N) is 1. The third-order valence-corrected chi connectivity index (χ3v) is 3.75. The zero-order valence-electron chi connectivity index (χ0n) is 12.6. The van der Waals surface area contributed by atoms with Crippen LogP contribution >= 0.6 is 0 Å². The van der Waals surface area contributed by atoms with Crippen LogP contribution in [0.1, 0.15) is 21.5 Å². The van der Waals surface area contributed by atoms with Crippen LogP contribution < -0.4 is 5.32 Å². The second-order valence-corrected chi connectivity index (χ2v) is 5.22. The minimum Gasteiger partial charge on any atom is -0.478 e. The number of fused-ring (bicyclic) bond motifs is 1. The fourth-order valence-electron chi connectivity index (χ4n) is 2.52. The Labute approximate surface area is 131 Å². The number of benzene rings is 1. The van der Waals surface area contributed by atoms with E-state index < -0.39 is 5.97 Å². The Hall–Kier alpha value is -3.22. The molecule has 3 rings (SSSR count). The summed E-state index contributed by atoms with van der Waals surface area (Å²) in [6.45, 7) is 3.63. The molecule has 0 saturated carbocycles. The molecule has 7 heteroatoms. The number of nitroso groups, excluding NO2 is 1. The van der Waals surface area contributed by atoms with Gasteiger partial charge < -0.3 is 14.8 Å². The zero-order valence-corrected chi connectivity index (χ0v) is 12.6. The van der Waals surface area contributed by atoms with Crippen LogP contribution in [0.25, 0.3) is 5.52 Å². The van der Waals surface area contributed by atoms with Crippen molar-refractivity contribution < 1.29 is 9.90 Å². The summed E-state index contributed by atoms with van der Waals surface area (Å²) in [5.74, 6) is -0.468. The summed E-state index contributed by atoms with van der Waals surface area (Å²) < 4.78 is 1.71. The molecule has 1 aromatic carbocycles. The summed E-state index contributed by atoms with van der Waals surface area (Å²) in [7, 11) is 0. The van der Waals surface area contributed by atoms with E-state index in [2.05, 4.69) is 15.5 Å². The van der Waals surface area contributed by atoms with Gasteiger partial charge in [0.2, 0.25) is 0 Å². The number of nitrogens with zero attached hydrogens (tertiary/aromatic N) is 3. The largest absolute Gasteiger partial charge is 0.478 e.